The molecule has 5 nitrogen and oxygen atoms in total. The van der Waals surface area contributed by atoms with Crippen molar-refractivity contribution in [3.63, 3.8) is 0 Å². The summed E-state index contributed by atoms with van der Waals surface area (Å²) in [5.74, 6) is 1.10. The molecule has 24 heavy (non-hydrogen) atoms. The number of hydrogen-bond acceptors (Lipinski definition) is 4. The third-order valence-corrected chi connectivity index (χ3v) is 4.59. The standard InChI is InChI=1S/C18H26N4OS/c1-3-4-5-7-10-14(2)19-16(23)13-24-18-20-17(21-22-18)15-11-8-6-9-12-15/h6,8-9,11-12,14H,3-5,7,10,13H2,1-2H3,(H,19,23)(H,20,21,22)/t14-/m0/s1. The molecule has 1 atom stereocenters. The molecule has 0 bridgehead atoms. The van der Waals surface area contributed by atoms with Gasteiger partial charge in [-0.1, -0.05) is 74.7 Å². The Morgan fingerprint density at radius 1 is 1.25 bits per heavy atom. The summed E-state index contributed by atoms with van der Waals surface area (Å²) in [6.07, 6.45) is 5.95. The van der Waals surface area contributed by atoms with Crippen LogP contribution in [0.25, 0.3) is 11.4 Å². The third kappa shape index (κ3) is 6.35. The van der Waals surface area contributed by atoms with Gasteiger partial charge in [-0.25, -0.2) is 4.98 Å². The predicted octanol–water partition coefficient (Wildman–Crippen LogP) is 4.04. The van der Waals surface area contributed by atoms with Gasteiger partial charge in [-0.3, -0.25) is 9.89 Å². The third-order valence-electron chi connectivity index (χ3n) is 3.74. The Kier molecular flexibility index (Phi) is 7.82. The molecule has 0 saturated carbocycles. The molecule has 1 aromatic heterocycles. The van der Waals surface area contributed by atoms with E-state index in [-0.39, 0.29) is 11.9 Å². The van der Waals surface area contributed by atoms with Gasteiger partial charge < -0.3 is 5.32 Å². The number of rotatable bonds is 10. The molecule has 2 rings (SSSR count). The smallest absolute Gasteiger partial charge is 0.230 e. The van der Waals surface area contributed by atoms with Gasteiger partial charge in [0.1, 0.15) is 0 Å². The van der Waals surface area contributed by atoms with E-state index in [0.29, 0.717) is 10.9 Å². The van der Waals surface area contributed by atoms with E-state index >= 15 is 0 Å². The van der Waals surface area contributed by atoms with Crippen molar-refractivity contribution in [2.75, 3.05) is 5.75 Å². The SMILES string of the molecule is CCCCCC[C@H](C)NC(=O)CSc1n[nH]c(-c2ccccc2)n1. The molecule has 0 aliphatic rings. The van der Waals surface area contributed by atoms with Gasteiger partial charge in [0.05, 0.1) is 5.75 Å². The number of benzene rings is 1. The number of aromatic nitrogens is 3. The molecule has 130 valence electrons. The second kappa shape index (κ2) is 10.1. The highest BCUT2D eigenvalue weighted by Gasteiger charge is 2.11. The monoisotopic (exact) mass is 346 g/mol. The highest BCUT2D eigenvalue weighted by atomic mass is 32.2. The second-order valence-corrected chi connectivity index (χ2v) is 6.88. The summed E-state index contributed by atoms with van der Waals surface area (Å²) in [4.78, 5) is 16.4. The lowest BCUT2D eigenvalue weighted by atomic mass is 10.1. The normalized spacial score (nSPS) is 12.1. The maximum absolute atomic E-state index is 12.0. The predicted molar refractivity (Wildman–Crippen MR) is 98.9 cm³/mol. The lowest BCUT2D eigenvalue weighted by molar-refractivity contribution is -0.119. The highest BCUT2D eigenvalue weighted by Crippen LogP contribution is 2.18. The van der Waals surface area contributed by atoms with Gasteiger partial charge in [0.25, 0.3) is 0 Å². The van der Waals surface area contributed by atoms with Crippen LogP contribution in [-0.4, -0.2) is 32.9 Å². The maximum Gasteiger partial charge on any atom is 0.230 e. The van der Waals surface area contributed by atoms with Gasteiger partial charge in [0, 0.05) is 11.6 Å². The van der Waals surface area contributed by atoms with E-state index in [1.807, 2.05) is 30.3 Å². The fraction of sp³-hybridized carbons (Fsp3) is 0.500. The number of carbonyl (C=O) groups excluding carboxylic acids is 1. The Hall–Kier alpha value is -1.82. The van der Waals surface area contributed by atoms with Crippen LogP contribution in [-0.2, 0) is 4.79 Å². The molecule has 2 N–H and O–H groups in total. The van der Waals surface area contributed by atoms with Gasteiger partial charge in [0.2, 0.25) is 11.1 Å². The van der Waals surface area contributed by atoms with Crippen LogP contribution in [0.15, 0.2) is 35.5 Å². The van der Waals surface area contributed by atoms with Crippen molar-refractivity contribution in [2.45, 2.75) is 57.1 Å². The van der Waals surface area contributed by atoms with Crippen molar-refractivity contribution < 1.29 is 4.79 Å². The Balaban J connectivity index is 1.71. The second-order valence-electron chi connectivity index (χ2n) is 5.94. The van der Waals surface area contributed by atoms with Crippen LogP contribution in [0.3, 0.4) is 0 Å². The number of aromatic amines is 1. The lowest BCUT2D eigenvalue weighted by Gasteiger charge is -2.13. The van der Waals surface area contributed by atoms with E-state index in [2.05, 4.69) is 34.3 Å². The molecule has 0 aliphatic carbocycles. The van der Waals surface area contributed by atoms with Crippen molar-refractivity contribution in [1.29, 1.82) is 0 Å². The zero-order chi connectivity index (χ0) is 17.2. The molecule has 1 heterocycles. The van der Waals surface area contributed by atoms with Crippen molar-refractivity contribution in [1.82, 2.24) is 20.5 Å². The largest absolute Gasteiger partial charge is 0.353 e. The minimum absolute atomic E-state index is 0.0362. The van der Waals surface area contributed by atoms with Gasteiger partial charge in [0.15, 0.2) is 5.82 Å². The average Bonchev–Trinajstić information content (AvgIpc) is 3.07. The summed E-state index contributed by atoms with van der Waals surface area (Å²) in [6, 6.07) is 10.1. The summed E-state index contributed by atoms with van der Waals surface area (Å²) in [7, 11) is 0. The topological polar surface area (TPSA) is 70.7 Å². The molecule has 0 fully saturated rings. The number of thioether (sulfide) groups is 1. The maximum atomic E-state index is 12.0. The minimum Gasteiger partial charge on any atom is -0.353 e. The number of nitrogens with one attached hydrogen (secondary N) is 2. The number of H-pyrrole nitrogens is 1. The molecule has 6 heteroatoms. The summed E-state index contributed by atoms with van der Waals surface area (Å²) >= 11 is 1.35. The molecular weight excluding hydrogens is 320 g/mol. The number of carbonyl (C=O) groups is 1. The molecule has 0 saturated heterocycles. The van der Waals surface area contributed by atoms with Crippen LogP contribution >= 0.6 is 11.8 Å². The Bertz CT molecular complexity index is 614. The molecule has 0 aliphatic heterocycles. The lowest BCUT2D eigenvalue weighted by Crippen LogP contribution is -2.33. The van der Waals surface area contributed by atoms with Crippen LogP contribution < -0.4 is 5.32 Å². The fourth-order valence-electron chi connectivity index (χ4n) is 2.43. The Morgan fingerprint density at radius 3 is 2.79 bits per heavy atom. The number of amides is 1. The zero-order valence-corrected chi connectivity index (χ0v) is 15.2. The summed E-state index contributed by atoms with van der Waals surface area (Å²) in [5, 5.41) is 10.7. The van der Waals surface area contributed by atoms with Crippen LogP contribution in [0.4, 0.5) is 0 Å². The Labute approximate surface area is 148 Å². The molecule has 1 amide bonds. The summed E-state index contributed by atoms with van der Waals surface area (Å²) in [6.45, 7) is 4.27. The van der Waals surface area contributed by atoms with Crippen molar-refractivity contribution >= 4 is 17.7 Å². The number of hydrogen-bond donors (Lipinski definition) is 2. The van der Waals surface area contributed by atoms with Gasteiger partial charge >= 0.3 is 0 Å². The van der Waals surface area contributed by atoms with Gasteiger partial charge in [-0.15, -0.1) is 5.10 Å². The first-order valence-electron chi connectivity index (χ1n) is 8.59. The van der Waals surface area contributed by atoms with Crippen molar-refractivity contribution in [3.05, 3.63) is 30.3 Å². The molecule has 0 spiro atoms. The first kappa shape index (κ1) is 18.5. The minimum atomic E-state index is 0.0362. The van der Waals surface area contributed by atoms with E-state index in [9.17, 15) is 4.79 Å². The van der Waals surface area contributed by atoms with Crippen LogP contribution in [0.2, 0.25) is 0 Å². The van der Waals surface area contributed by atoms with Gasteiger partial charge in [-0.05, 0) is 13.3 Å². The van der Waals surface area contributed by atoms with Crippen molar-refractivity contribution in [2.24, 2.45) is 0 Å². The average molecular weight is 347 g/mol. The molecular formula is C18H26N4OS. The van der Waals surface area contributed by atoms with E-state index in [1.54, 1.807) is 0 Å². The van der Waals surface area contributed by atoms with Crippen LogP contribution in [0.1, 0.15) is 46.0 Å². The molecule has 1 aromatic carbocycles. The first-order valence-corrected chi connectivity index (χ1v) is 9.57. The van der Waals surface area contributed by atoms with Crippen molar-refractivity contribution in [3.8, 4) is 11.4 Å². The summed E-state index contributed by atoms with van der Waals surface area (Å²) in [5.41, 5.74) is 0.988. The number of unbranched alkanes of at least 4 members (excludes halogenated alkanes) is 3. The summed E-state index contributed by atoms with van der Waals surface area (Å²) < 4.78 is 0. The van der Waals surface area contributed by atoms with Crippen LogP contribution in [0.5, 0.6) is 0 Å². The van der Waals surface area contributed by atoms with E-state index in [0.717, 1.165) is 17.8 Å². The van der Waals surface area contributed by atoms with Crippen LogP contribution in [0, 0.1) is 0 Å². The van der Waals surface area contributed by atoms with E-state index in [1.165, 1.54) is 37.4 Å². The van der Waals surface area contributed by atoms with Gasteiger partial charge in [-0.2, -0.15) is 0 Å². The molecule has 0 unspecified atom stereocenters. The van der Waals surface area contributed by atoms with E-state index in [4.69, 9.17) is 0 Å². The highest BCUT2D eigenvalue weighted by molar-refractivity contribution is 7.99. The first-order chi connectivity index (χ1) is 11.7. The fourth-order valence-corrected chi connectivity index (χ4v) is 3.04. The molecule has 2 aromatic rings. The Morgan fingerprint density at radius 2 is 2.04 bits per heavy atom. The molecule has 0 radical (unpaired) electrons. The quantitative estimate of drug-likeness (QED) is 0.503. The van der Waals surface area contributed by atoms with E-state index < -0.39 is 0 Å². The zero-order valence-electron chi connectivity index (χ0n) is 14.4. The number of nitrogens with zero attached hydrogens (tertiary/aromatic N) is 2.